The highest BCUT2D eigenvalue weighted by Gasteiger charge is 2.30. The standard InChI is InChI=1S/C17H23N3O2.ClH/c1-12(21)20(16-6-7-16)11-13-2-4-15(5-3-13)19-17(22)14-8-9-18-10-14;/h2-5,14,16,18H,6-11H2,1H3,(H,19,22);1H. The molecule has 1 unspecified atom stereocenters. The van der Waals surface area contributed by atoms with Crippen molar-refractivity contribution in [1.82, 2.24) is 10.2 Å². The van der Waals surface area contributed by atoms with Crippen LogP contribution in [0.1, 0.15) is 31.7 Å². The van der Waals surface area contributed by atoms with Crippen LogP contribution in [0.2, 0.25) is 0 Å². The Hall–Kier alpha value is -1.59. The first kappa shape index (κ1) is 17.8. The number of amides is 2. The van der Waals surface area contributed by atoms with Gasteiger partial charge >= 0.3 is 0 Å². The van der Waals surface area contributed by atoms with Gasteiger partial charge in [-0.05, 0) is 43.5 Å². The Kier molecular flexibility index (Phi) is 6.02. The predicted octanol–water partition coefficient (Wildman–Crippen LogP) is 2.17. The van der Waals surface area contributed by atoms with Gasteiger partial charge in [0, 0.05) is 31.7 Å². The lowest BCUT2D eigenvalue weighted by Crippen LogP contribution is -2.30. The minimum atomic E-state index is 0. The van der Waals surface area contributed by atoms with Crippen molar-refractivity contribution in [2.75, 3.05) is 18.4 Å². The van der Waals surface area contributed by atoms with Crippen molar-refractivity contribution in [3.05, 3.63) is 29.8 Å². The van der Waals surface area contributed by atoms with Crippen LogP contribution in [0.3, 0.4) is 0 Å². The van der Waals surface area contributed by atoms with Crippen LogP contribution in [0.25, 0.3) is 0 Å². The Bertz CT molecular complexity index is 551. The lowest BCUT2D eigenvalue weighted by atomic mass is 10.1. The zero-order valence-electron chi connectivity index (χ0n) is 13.4. The monoisotopic (exact) mass is 337 g/mol. The SMILES string of the molecule is CC(=O)N(Cc1ccc(NC(=O)C2CCNC2)cc1)C1CC1.Cl. The molecule has 0 spiro atoms. The number of carbonyl (C=O) groups is 2. The Labute approximate surface area is 143 Å². The molecule has 1 atom stereocenters. The summed E-state index contributed by atoms with van der Waals surface area (Å²) in [7, 11) is 0. The molecule has 1 heterocycles. The summed E-state index contributed by atoms with van der Waals surface area (Å²) < 4.78 is 0. The van der Waals surface area contributed by atoms with E-state index in [1.54, 1.807) is 6.92 Å². The third kappa shape index (κ3) is 4.69. The molecule has 0 bridgehead atoms. The van der Waals surface area contributed by atoms with Crippen molar-refractivity contribution in [2.24, 2.45) is 5.92 Å². The largest absolute Gasteiger partial charge is 0.336 e. The Balaban J connectivity index is 0.00000192. The summed E-state index contributed by atoms with van der Waals surface area (Å²) >= 11 is 0. The summed E-state index contributed by atoms with van der Waals surface area (Å²) in [4.78, 5) is 25.6. The van der Waals surface area contributed by atoms with E-state index in [0.29, 0.717) is 12.6 Å². The van der Waals surface area contributed by atoms with Gasteiger partial charge in [0.05, 0.1) is 5.92 Å². The Morgan fingerprint density at radius 1 is 1.22 bits per heavy atom. The zero-order chi connectivity index (χ0) is 15.5. The number of nitrogens with one attached hydrogen (secondary N) is 2. The molecule has 1 aliphatic heterocycles. The fourth-order valence-electron chi connectivity index (χ4n) is 2.90. The molecule has 2 aliphatic rings. The summed E-state index contributed by atoms with van der Waals surface area (Å²) in [6, 6.07) is 8.23. The second-order valence-corrected chi connectivity index (χ2v) is 6.25. The molecule has 1 aromatic rings. The number of hydrogen-bond acceptors (Lipinski definition) is 3. The molecule has 1 aliphatic carbocycles. The van der Waals surface area contributed by atoms with Crippen molar-refractivity contribution in [2.45, 2.75) is 38.8 Å². The van der Waals surface area contributed by atoms with Gasteiger partial charge in [-0.3, -0.25) is 9.59 Å². The van der Waals surface area contributed by atoms with Crippen LogP contribution < -0.4 is 10.6 Å². The van der Waals surface area contributed by atoms with Crippen molar-refractivity contribution >= 4 is 29.9 Å². The zero-order valence-corrected chi connectivity index (χ0v) is 14.2. The fourth-order valence-corrected chi connectivity index (χ4v) is 2.90. The first-order valence-electron chi connectivity index (χ1n) is 8.01. The van der Waals surface area contributed by atoms with Gasteiger partial charge in [0.15, 0.2) is 0 Å². The van der Waals surface area contributed by atoms with E-state index in [-0.39, 0.29) is 30.1 Å². The maximum Gasteiger partial charge on any atom is 0.228 e. The lowest BCUT2D eigenvalue weighted by molar-refractivity contribution is -0.130. The normalized spacial score (nSPS) is 19.8. The van der Waals surface area contributed by atoms with Gasteiger partial charge in [-0.2, -0.15) is 0 Å². The smallest absolute Gasteiger partial charge is 0.228 e. The van der Waals surface area contributed by atoms with Crippen LogP contribution in [0.15, 0.2) is 24.3 Å². The topological polar surface area (TPSA) is 61.4 Å². The fraction of sp³-hybridized carbons (Fsp3) is 0.529. The molecule has 5 nitrogen and oxygen atoms in total. The van der Waals surface area contributed by atoms with E-state index < -0.39 is 0 Å². The van der Waals surface area contributed by atoms with Gasteiger partial charge in [0.25, 0.3) is 0 Å². The summed E-state index contributed by atoms with van der Waals surface area (Å²) in [5, 5.41) is 6.16. The second kappa shape index (κ2) is 7.79. The molecule has 2 N–H and O–H groups in total. The van der Waals surface area contributed by atoms with Crippen LogP contribution in [0.5, 0.6) is 0 Å². The number of nitrogens with zero attached hydrogens (tertiary/aromatic N) is 1. The van der Waals surface area contributed by atoms with Gasteiger partial charge in [-0.15, -0.1) is 12.4 Å². The number of rotatable bonds is 5. The quantitative estimate of drug-likeness (QED) is 0.865. The van der Waals surface area contributed by atoms with Gasteiger partial charge in [-0.25, -0.2) is 0 Å². The molecule has 0 aromatic heterocycles. The van der Waals surface area contributed by atoms with Crippen molar-refractivity contribution in [1.29, 1.82) is 0 Å². The minimum absolute atomic E-state index is 0. The third-order valence-corrected chi connectivity index (χ3v) is 4.40. The molecule has 23 heavy (non-hydrogen) atoms. The molecule has 1 saturated heterocycles. The molecule has 6 heteroatoms. The van der Waals surface area contributed by atoms with Crippen LogP contribution in [-0.2, 0) is 16.1 Å². The maximum absolute atomic E-state index is 12.1. The highest BCUT2D eigenvalue weighted by atomic mass is 35.5. The highest BCUT2D eigenvalue weighted by Crippen LogP contribution is 2.28. The summed E-state index contributed by atoms with van der Waals surface area (Å²) in [5.41, 5.74) is 1.92. The van der Waals surface area contributed by atoms with E-state index in [1.807, 2.05) is 29.2 Å². The number of halogens is 1. The minimum Gasteiger partial charge on any atom is -0.336 e. The average Bonchev–Trinajstić information content (AvgIpc) is 3.18. The van der Waals surface area contributed by atoms with Crippen LogP contribution in [-0.4, -0.2) is 35.8 Å². The maximum atomic E-state index is 12.1. The molecule has 0 radical (unpaired) electrons. The molecule has 126 valence electrons. The lowest BCUT2D eigenvalue weighted by Gasteiger charge is -2.20. The van der Waals surface area contributed by atoms with E-state index in [2.05, 4.69) is 10.6 Å². The number of carbonyl (C=O) groups excluding carboxylic acids is 2. The van der Waals surface area contributed by atoms with Crippen LogP contribution >= 0.6 is 12.4 Å². The van der Waals surface area contributed by atoms with Gasteiger partial charge in [0.1, 0.15) is 0 Å². The number of hydrogen-bond donors (Lipinski definition) is 2. The molecular formula is C17H24ClN3O2. The van der Waals surface area contributed by atoms with Crippen molar-refractivity contribution < 1.29 is 9.59 Å². The first-order chi connectivity index (χ1) is 10.6. The molecule has 2 amide bonds. The second-order valence-electron chi connectivity index (χ2n) is 6.25. The molecule has 3 rings (SSSR count). The summed E-state index contributed by atoms with van der Waals surface area (Å²) in [6.45, 7) is 3.96. The number of benzene rings is 1. The van der Waals surface area contributed by atoms with Gasteiger partial charge in [0.2, 0.25) is 11.8 Å². The Morgan fingerprint density at radius 3 is 2.43 bits per heavy atom. The molecule has 1 saturated carbocycles. The van der Waals surface area contributed by atoms with E-state index in [0.717, 1.165) is 43.6 Å². The third-order valence-electron chi connectivity index (χ3n) is 4.40. The van der Waals surface area contributed by atoms with E-state index in [1.165, 1.54) is 0 Å². The van der Waals surface area contributed by atoms with Gasteiger partial charge in [-0.1, -0.05) is 12.1 Å². The Morgan fingerprint density at radius 2 is 1.91 bits per heavy atom. The summed E-state index contributed by atoms with van der Waals surface area (Å²) in [6.07, 6.45) is 3.13. The molecular weight excluding hydrogens is 314 g/mol. The summed E-state index contributed by atoms with van der Waals surface area (Å²) in [5.74, 6) is 0.289. The van der Waals surface area contributed by atoms with Crippen molar-refractivity contribution in [3.8, 4) is 0 Å². The van der Waals surface area contributed by atoms with E-state index >= 15 is 0 Å². The predicted molar refractivity (Wildman–Crippen MR) is 92.5 cm³/mol. The van der Waals surface area contributed by atoms with E-state index in [9.17, 15) is 9.59 Å². The van der Waals surface area contributed by atoms with E-state index in [4.69, 9.17) is 0 Å². The average molecular weight is 338 g/mol. The van der Waals surface area contributed by atoms with Crippen molar-refractivity contribution in [3.63, 3.8) is 0 Å². The molecule has 1 aromatic carbocycles. The van der Waals surface area contributed by atoms with Gasteiger partial charge < -0.3 is 15.5 Å². The number of anilines is 1. The first-order valence-corrected chi connectivity index (χ1v) is 8.01. The van der Waals surface area contributed by atoms with Crippen LogP contribution in [0, 0.1) is 5.92 Å². The molecule has 2 fully saturated rings. The highest BCUT2D eigenvalue weighted by molar-refractivity contribution is 5.92. The van der Waals surface area contributed by atoms with Crippen LogP contribution in [0.4, 0.5) is 5.69 Å².